The minimum Gasteiger partial charge on any atom is -0.410 e. The summed E-state index contributed by atoms with van der Waals surface area (Å²) in [5.74, 6) is 0.246. The Bertz CT molecular complexity index is 1470. The van der Waals surface area contributed by atoms with Gasteiger partial charge >= 0.3 is 6.09 Å². The number of amides is 2. The van der Waals surface area contributed by atoms with Gasteiger partial charge in [0.05, 0.1) is 10.4 Å². The number of hydrogen-bond acceptors (Lipinski definition) is 5. The van der Waals surface area contributed by atoms with E-state index in [4.69, 9.17) is 16.3 Å². The van der Waals surface area contributed by atoms with Gasteiger partial charge in [-0.05, 0) is 54.6 Å². The number of nitrogens with zero attached hydrogens (tertiary/aromatic N) is 3. The summed E-state index contributed by atoms with van der Waals surface area (Å²) < 4.78 is 21.3. The summed E-state index contributed by atoms with van der Waals surface area (Å²) in [6.45, 7) is 1.51. The number of piperazine rings is 1. The van der Waals surface area contributed by atoms with E-state index >= 15 is 0 Å². The lowest BCUT2D eigenvalue weighted by atomic mass is 10.1. The van der Waals surface area contributed by atoms with Gasteiger partial charge in [0.1, 0.15) is 5.75 Å². The van der Waals surface area contributed by atoms with Crippen LogP contribution in [-0.4, -0.2) is 57.2 Å². The average Bonchev–Trinajstić information content (AvgIpc) is 2.93. The molecule has 1 N–H and O–H groups in total. The molecule has 0 radical (unpaired) electrons. The minimum atomic E-state index is -1.52. The Labute approximate surface area is 221 Å². The van der Waals surface area contributed by atoms with Gasteiger partial charge in [-0.3, -0.25) is 9.78 Å². The largest absolute Gasteiger partial charge is 0.415 e. The van der Waals surface area contributed by atoms with Crippen molar-refractivity contribution >= 4 is 51.2 Å². The first-order valence-electron chi connectivity index (χ1n) is 11.6. The first kappa shape index (κ1) is 24.7. The third-order valence-electron chi connectivity index (χ3n) is 5.96. The van der Waals surface area contributed by atoms with Gasteiger partial charge in [0.2, 0.25) is 0 Å². The normalized spacial score (nSPS) is 14.3. The van der Waals surface area contributed by atoms with E-state index in [1.807, 2.05) is 24.3 Å². The van der Waals surface area contributed by atoms with Crippen LogP contribution in [-0.2, 0) is 11.0 Å². The standard InChI is InChI=1S/C27H23ClN4O4S/c28-21-6-2-7-23(18-21)36-27(34)32-16-14-31(15-17-32)26(33)20-9-11-22(12-10-20)30-37(35)24-8-1-4-19-5-3-13-29-25(19)24/h1-13,18,30H,14-17H2. The van der Waals surface area contributed by atoms with Crippen LogP contribution in [0.25, 0.3) is 10.9 Å². The van der Waals surface area contributed by atoms with Crippen molar-refractivity contribution in [2.75, 3.05) is 30.9 Å². The molecule has 37 heavy (non-hydrogen) atoms. The topological polar surface area (TPSA) is 91.8 Å². The quantitative estimate of drug-likeness (QED) is 0.390. The van der Waals surface area contributed by atoms with Crippen molar-refractivity contribution in [3.63, 3.8) is 0 Å². The fraction of sp³-hybridized carbons (Fsp3) is 0.148. The fourth-order valence-electron chi connectivity index (χ4n) is 4.04. The zero-order chi connectivity index (χ0) is 25.8. The molecular formula is C27H23ClN4O4S. The van der Waals surface area contributed by atoms with Gasteiger partial charge < -0.3 is 19.3 Å². The molecule has 2 heterocycles. The number of ether oxygens (including phenoxy) is 1. The smallest absolute Gasteiger partial charge is 0.410 e. The van der Waals surface area contributed by atoms with E-state index in [9.17, 15) is 13.8 Å². The van der Waals surface area contributed by atoms with Crippen LogP contribution in [0.3, 0.4) is 0 Å². The van der Waals surface area contributed by atoms with E-state index < -0.39 is 17.1 Å². The SMILES string of the molecule is O=C(Oc1cccc(Cl)c1)N1CCN(C(=O)c2ccc(NS(=O)c3cccc4cccnc34)cc2)CC1. The number of anilines is 1. The van der Waals surface area contributed by atoms with Crippen LogP contribution >= 0.6 is 11.6 Å². The summed E-state index contributed by atoms with van der Waals surface area (Å²) in [5, 5.41) is 1.40. The summed E-state index contributed by atoms with van der Waals surface area (Å²) in [6.07, 6.45) is 1.20. The van der Waals surface area contributed by atoms with Crippen molar-refractivity contribution in [3.8, 4) is 5.75 Å². The molecule has 1 aromatic heterocycles. The van der Waals surface area contributed by atoms with E-state index in [1.54, 1.807) is 70.6 Å². The van der Waals surface area contributed by atoms with Crippen LogP contribution in [0.2, 0.25) is 5.02 Å². The van der Waals surface area contributed by atoms with E-state index in [2.05, 4.69) is 9.71 Å². The molecule has 0 spiro atoms. The van der Waals surface area contributed by atoms with E-state index in [-0.39, 0.29) is 5.91 Å². The van der Waals surface area contributed by atoms with Gasteiger partial charge in [-0.15, -0.1) is 0 Å². The molecule has 1 aliphatic rings. The summed E-state index contributed by atoms with van der Waals surface area (Å²) in [7, 11) is -1.52. The summed E-state index contributed by atoms with van der Waals surface area (Å²) in [4.78, 5) is 33.6. The lowest BCUT2D eigenvalue weighted by molar-refractivity contribution is 0.0633. The minimum absolute atomic E-state index is 0.131. The Hall–Kier alpha value is -3.95. The number of carbonyl (C=O) groups is 2. The van der Waals surface area contributed by atoms with Crippen molar-refractivity contribution in [2.45, 2.75) is 4.90 Å². The molecule has 188 valence electrons. The fourth-order valence-corrected chi connectivity index (χ4v) is 5.23. The van der Waals surface area contributed by atoms with E-state index in [0.29, 0.717) is 58.6 Å². The number of fused-ring (bicyclic) bond motifs is 1. The van der Waals surface area contributed by atoms with Gasteiger partial charge in [0.15, 0.2) is 11.0 Å². The third kappa shape index (κ3) is 5.73. The molecule has 1 saturated heterocycles. The van der Waals surface area contributed by atoms with Crippen LogP contribution < -0.4 is 9.46 Å². The second-order valence-electron chi connectivity index (χ2n) is 8.38. The number of carbonyl (C=O) groups excluding carboxylic acids is 2. The Kier molecular flexibility index (Phi) is 7.34. The number of hydrogen-bond donors (Lipinski definition) is 1. The molecule has 10 heteroatoms. The molecule has 1 aliphatic heterocycles. The van der Waals surface area contributed by atoms with Crippen molar-refractivity contribution in [1.82, 2.24) is 14.8 Å². The molecule has 2 amide bonds. The highest BCUT2D eigenvalue weighted by Crippen LogP contribution is 2.22. The van der Waals surface area contributed by atoms with Crippen LogP contribution in [0.4, 0.5) is 10.5 Å². The van der Waals surface area contributed by atoms with Gasteiger partial charge in [0.25, 0.3) is 5.91 Å². The zero-order valence-electron chi connectivity index (χ0n) is 19.7. The number of pyridine rings is 1. The third-order valence-corrected chi connectivity index (χ3v) is 7.35. The maximum Gasteiger partial charge on any atom is 0.415 e. The molecule has 1 unspecified atom stereocenters. The lowest BCUT2D eigenvalue weighted by Crippen LogP contribution is -2.51. The van der Waals surface area contributed by atoms with Crippen LogP contribution in [0.5, 0.6) is 5.75 Å². The predicted octanol–water partition coefficient (Wildman–Crippen LogP) is 4.98. The molecule has 1 atom stereocenters. The van der Waals surface area contributed by atoms with E-state index in [1.165, 1.54) is 0 Å². The maximum absolute atomic E-state index is 13.0. The number of rotatable bonds is 5. The average molecular weight is 535 g/mol. The molecule has 4 aromatic rings. The van der Waals surface area contributed by atoms with Crippen LogP contribution in [0, 0.1) is 0 Å². The second kappa shape index (κ2) is 11.0. The molecule has 1 fully saturated rings. The van der Waals surface area contributed by atoms with Gasteiger partial charge in [-0.25, -0.2) is 9.00 Å². The van der Waals surface area contributed by atoms with Crippen LogP contribution in [0.15, 0.2) is 90.0 Å². The molecule has 0 bridgehead atoms. The first-order chi connectivity index (χ1) is 18.0. The van der Waals surface area contributed by atoms with Gasteiger partial charge in [-0.1, -0.05) is 35.9 Å². The first-order valence-corrected chi connectivity index (χ1v) is 13.1. The molecule has 8 nitrogen and oxygen atoms in total. The van der Waals surface area contributed by atoms with E-state index in [0.717, 1.165) is 5.39 Å². The number of benzene rings is 3. The highest BCUT2D eigenvalue weighted by molar-refractivity contribution is 7.86. The predicted molar refractivity (Wildman–Crippen MR) is 143 cm³/mol. The monoisotopic (exact) mass is 534 g/mol. The van der Waals surface area contributed by atoms with Crippen molar-refractivity contribution in [3.05, 3.63) is 95.6 Å². The Morgan fingerprint density at radius 2 is 1.59 bits per heavy atom. The van der Waals surface area contributed by atoms with Gasteiger partial charge in [0, 0.05) is 54.0 Å². The molecule has 5 rings (SSSR count). The number of nitrogens with one attached hydrogen (secondary N) is 1. The van der Waals surface area contributed by atoms with Gasteiger partial charge in [-0.2, -0.15) is 0 Å². The summed E-state index contributed by atoms with van der Waals surface area (Å²) >= 11 is 5.94. The van der Waals surface area contributed by atoms with Crippen molar-refractivity contribution in [2.24, 2.45) is 0 Å². The second-order valence-corrected chi connectivity index (χ2v) is 10.0. The summed E-state index contributed by atoms with van der Waals surface area (Å²) in [6, 6.07) is 22.8. The number of para-hydroxylation sites is 1. The highest BCUT2D eigenvalue weighted by atomic mass is 35.5. The van der Waals surface area contributed by atoms with Crippen molar-refractivity contribution in [1.29, 1.82) is 0 Å². The summed E-state index contributed by atoms with van der Waals surface area (Å²) in [5.41, 5.74) is 1.81. The Morgan fingerprint density at radius 3 is 2.35 bits per heavy atom. The number of aromatic nitrogens is 1. The zero-order valence-corrected chi connectivity index (χ0v) is 21.2. The molecule has 0 saturated carbocycles. The highest BCUT2D eigenvalue weighted by Gasteiger charge is 2.26. The number of halogens is 1. The maximum atomic E-state index is 13.0. The Morgan fingerprint density at radius 1 is 0.892 bits per heavy atom. The van der Waals surface area contributed by atoms with Crippen molar-refractivity contribution < 1.29 is 18.5 Å². The molecule has 0 aliphatic carbocycles. The molecule has 3 aromatic carbocycles. The molecular weight excluding hydrogens is 512 g/mol. The Balaban J connectivity index is 1.17. The lowest BCUT2D eigenvalue weighted by Gasteiger charge is -2.34. The van der Waals surface area contributed by atoms with Crippen LogP contribution in [0.1, 0.15) is 10.4 Å².